The largest absolute Gasteiger partial charge is 0.320 e. The van der Waals surface area contributed by atoms with Gasteiger partial charge < -0.3 is 5.73 Å². The van der Waals surface area contributed by atoms with Crippen LogP contribution in [-0.4, -0.2) is 39.1 Å². The number of hydrogen-bond acceptors (Lipinski definition) is 5. The molecule has 14 heavy (non-hydrogen) atoms. The first-order chi connectivity index (χ1) is 6.79. The summed E-state index contributed by atoms with van der Waals surface area (Å²) in [6, 6.07) is -0.434. The van der Waals surface area contributed by atoms with Crippen molar-refractivity contribution < 1.29 is 4.79 Å². The number of aromatic nitrogens is 4. The lowest BCUT2D eigenvalue weighted by Crippen LogP contribution is -2.42. The first-order valence-electron chi connectivity index (χ1n) is 4.59. The van der Waals surface area contributed by atoms with E-state index in [0.717, 1.165) is 19.3 Å². The minimum Gasteiger partial charge on any atom is -0.320 e. The summed E-state index contributed by atoms with van der Waals surface area (Å²) in [5.41, 5.74) is 5.70. The van der Waals surface area contributed by atoms with Gasteiger partial charge in [-0.25, -0.2) is 0 Å². The Balaban J connectivity index is 2.20. The van der Waals surface area contributed by atoms with Crippen LogP contribution in [0.4, 0.5) is 5.95 Å². The molecule has 1 fully saturated rings. The number of nitrogens with zero attached hydrogens (tertiary/aromatic N) is 4. The van der Waals surface area contributed by atoms with E-state index in [4.69, 9.17) is 5.73 Å². The van der Waals surface area contributed by atoms with Gasteiger partial charge in [-0.05, 0) is 24.5 Å². The first-order valence-corrected chi connectivity index (χ1v) is 4.59. The number of rotatable bonds is 1. The van der Waals surface area contributed by atoms with E-state index in [1.807, 2.05) is 0 Å². The fourth-order valence-electron chi connectivity index (χ4n) is 1.54. The summed E-state index contributed by atoms with van der Waals surface area (Å²) in [6.07, 6.45) is 2.61. The van der Waals surface area contributed by atoms with Crippen molar-refractivity contribution in [2.75, 3.05) is 11.4 Å². The van der Waals surface area contributed by atoms with Crippen molar-refractivity contribution in [3.8, 4) is 0 Å². The van der Waals surface area contributed by atoms with Gasteiger partial charge in [-0.1, -0.05) is 5.10 Å². The highest BCUT2D eigenvalue weighted by Gasteiger charge is 2.27. The molecule has 1 saturated heterocycles. The van der Waals surface area contributed by atoms with Crippen LogP contribution in [0.15, 0.2) is 0 Å². The predicted octanol–water partition coefficient (Wildman–Crippen LogP) is -0.956. The van der Waals surface area contributed by atoms with Crippen LogP contribution in [0.1, 0.15) is 19.3 Å². The van der Waals surface area contributed by atoms with Crippen LogP contribution in [-0.2, 0) is 4.79 Å². The van der Waals surface area contributed by atoms with E-state index in [-0.39, 0.29) is 5.91 Å². The Hall–Kier alpha value is -1.50. The highest BCUT2D eigenvalue weighted by molar-refractivity contribution is 5.95. The van der Waals surface area contributed by atoms with Gasteiger partial charge in [0.25, 0.3) is 5.95 Å². The highest BCUT2D eigenvalue weighted by atomic mass is 16.2. The Kier molecular flexibility index (Phi) is 2.40. The fourth-order valence-corrected chi connectivity index (χ4v) is 1.54. The summed E-state index contributed by atoms with van der Waals surface area (Å²) in [5.74, 6) is 0.191. The van der Waals surface area contributed by atoms with Gasteiger partial charge in [0.05, 0.1) is 6.04 Å². The molecular weight excluding hydrogens is 184 g/mol. The summed E-state index contributed by atoms with van der Waals surface area (Å²) < 4.78 is 0. The zero-order valence-electron chi connectivity index (χ0n) is 7.68. The Morgan fingerprint density at radius 2 is 2.36 bits per heavy atom. The third-order valence-electron chi connectivity index (χ3n) is 2.31. The zero-order valence-corrected chi connectivity index (χ0v) is 7.68. The number of anilines is 1. The number of nitrogens with one attached hydrogen (secondary N) is 1. The standard InChI is InChI=1S/C7H12N6O/c8-5-3-1-2-4-13(6(5)14)7-9-11-12-10-7/h5H,1-4,8H2,(H,9,10,11,12)/t5-/m0/s1. The second kappa shape index (κ2) is 3.70. The molecule has 3 N–H and O–H groups in total. The van der Waals surface area contributed by atoms with Crippen LogP contribution in [0, 0.1) is 0 Å². The SMILES string of the molecule is N[C@H]1CCCCN(c2nn[nH]n2)C1=O. The maximum absolute atomic E-state index is 11.7. The third-order valence-corrected chi connectivity index (χ3v) is 2.31. The van der Waals surface area contributed by atoms with Crippen molar-refractivity contribution in [3.63, 3.8) is 0 Å². The molecule has 0 saturated carbocycles. The van der Waals surface area contributed by atoms with Gasteiger partial charge in [0.15, 0.2) is 0 Å². The van der Waals surface area contributed by atoms with Crippen molar-refractivity contribution in [2.45, 2.75) is 25.3 Å². The number of amides is 1. The summed E-state index contributed by atoms with van der Waals surface area (Å²) >= 11 is 0. The molecule has 1 aromatic rings. The van der Waals surface area contributed by atoms with E-state index < -0.39 is 6.04 Å². The number of tetrazole rings is 1. The topological polar surface area (TPSA) is 101 Å². The van der Waals surface area contributed by atoms with Crippen molar-refractivity contribution in [1.82, 2.24) is 20.6 Å². The van der Waals surface area contributed by atoms with Gasteiger partial charge in [0.2, 0.25) is 5.91 Å². The lowest BCUT2D eigenvalue weighted by molar-refractivity contribution is -0.119. The summed E-state index contributed by atoms with van der Waals surface area (Å²) in [6.45, 7) is 0.617. The lowest BCUT2D eigenvalue weighted by atomic mass is 10.1. The number of carbonyl (C=O) groups excluding carboxylic acids is 1. The first kappa shape index (κ1) is 9.07. The van der Waals surface area contributed by atoms with E-state index in [1.165, 1.54) is 4.90 Å². The normalized spacial score (nSPS) is 23.6. The fraction of sp³-hybridized carbons (Fsp3) is 0.714. The number of carbonyl (C=O) groups is 1. The minimum absolute atomic E-state index is 0.121. The molecule has 0 radical (unpaired) electrons. The lowest BCUT2D eigenvalue weighted by Gasteiger charge is -2.17. The maximum Gasteiger partial charge on any atom is 0.272 e. The molecule has 1 aliphatic heterocycles. The number of hydrogen-bond donors (Lipinski definition) is 2. The molecule has 1 amide bonds. The molecule has 1 aliphatic rings. The van der Waals surface area contributed by atoms with Crippen LogP contribution in [0.25, 0.3) is 0 Å². The molecule has 0 aromatic carbocycles. The number of nitrogens with two attached hydrogens (primary N) is 1. The molecule has 1 aromatic heterocycles. The smallest absolute Gasteiger partial charge is 0.272 e. The second-order valence-electron chi connectivity index (χ2n) is 3.30. The quantitative estimate of drug-likeness (QED) is 0.602. The Bertz CT molecular complexity index is 310. The molecule has 0 unspecified atom stereocenters. The van der Waals surface area contributed by atoms with Crippen molar-refractivity contribution in [1.29, 1.82) is 0 Å². The molecule has 0 aliphatic carbocycles. The van der Waals surface area contributed by atoms with E-state index in [9.17, 15) is 4.79 Å². The van der Waals surface area contributed by atoms with Crippen LogP contribution >= 0.6 is 0 Å². The number of H-pyrrole nitrogens is 1. The molecule has 1 atom stereocenters. The Labute approximate surface area is 80.6 Å². The molecule has 0 spiro atoms. The average molecular weight is 196 g/mol. The van der Waals surface area contributed by atoms with Gasteiger partial charge in [-0.2, -0.15) is 5.21 Å². The summed E-state index contributed by atoms with van der Waals surface area (Å²) in [5, 5.41) is 13.3. The molecule has 0 bridgehead atoms. The van der Waals surface area contributed by atoms with E-state index in [0.29, 0.717) is 12.5 Å². The van der Waals surface area contributed by atoms with Crippen LogP contribution in [0.5, 0.6) is 0 Å². The Morgan fingerprint density at radius 1 is 1.50 bits per heavy atom. The van der Waals surface area contributed by atoms with Gasteiger partial charge >= 0.3 is 0 Å². The molecular formula is C7H12N6O. The molecule has 76 valence electrons. The molecule has 2 heterocycles. The van der Waals surface area contributed by atoms with E-state index in [1.54, 1.807) is 0 Å². The van der Waals surface area contributed by atoms with Gasteiger partial charge in [-0.15, -0.1) is 5.10 Å². The monoisotopic (exact) mass is 196 g/mol. The van der Waals surface area contributed by atoms with Crippen molar-refractivity contribution >= 4 is 11.9 Å². The Morgan fingerprint density at radius 3 is 3.07 bits per heavy atom. The highest BCUT2D eigenvalue weighted by Crippen LogP contribution is 2.14. The third kappa shape index (κ3) is 1.58. The van der Waals surface area contributed by atoms with Gasteiger partial charge in [-0.3, -0.25) is 9.69 Å². The van der Waals surface area contributed by atoms with Gasteiger partial charge in [0.1, 0.15) is 0 Å². The summed E-state index contributed by atoms with van der Waals surface area (Å²) in [7, 11) is 0. The van der Waals surface area contributed by atoms with Crippen LogP contribution < -0.4 is 10.6 Å². The zero-order chi connectivity index (χ0) is 9.97. The van der Waals surface area contributed by atoms with Crippen molar-refractivity contribution in [3.05, 3.63) is 0 Å². The number of aromatic amines is 1. The molecule has 2 rings (SSSR count). The van der Waals surface area contributed by atoms with Crippen molar-refractivity contribution in [2.24, 2.45) is 5.73 Å². The van der Waals surface area contributed by atoms with E-state index >= 15 is 0 Å². The molecule has 7 heteroatoms. The van der Waals surface area contributed by atoms with Crippen LogP contribution in [0.3, 0.4) is 0 Å². The predicted molar refractivity (Wildman–Crippen MR) is 48.4 cm³/mol. The average Bonchev–Trinajstić information content (AvgIpc) is 2.64. The van der Waals surface area contributed by atoms with Crippen LogP contribution in [0.2, 0.25) is 0 Å². The van der Waals surface area contributed by atoms with E-state index in [2.05, 4.69) is 20.6 Å². The maximum atomic E-state index is 11.7. The van der Waals surface area contributed by atoms with Gasteiger partial charge in [0, 0.05) is 6.54 Å². The minimum atomic E-state index is -0.434. The molecule has 7 nitrogen and oxygen atoms in total. The second-order valence-corrected chi connectivity index (χ2v) is 3.30. The summed E-state index contributed by atoms with van der Waals surface area (Å²) in [4.78, 5) is 13.2.